The van der Waals surface area contributed by atoms with Crippen molar-refractivity contribution in [3.8, 4) is 0 Å². The van der Waals surface area contributed by atoms with Crippen LogP contribution in [0.15, 0.2) is 0 Å². The van der Waals surface area contributed by atoms with E-state index in [1.54, 1.807) is 0 Å². The average Bonchev–Trinajstić information content (AvgIpc) is 2.65. The summed E-state index contributed by atoms with van der Waals surface area (Å²) in [6, 6.07) is 0. The number of aliphatic hydroxyl groups is 1. The maximum absolute atomic E-state index is 11.1. The Kier molecular flexibility index (Phi) is 2.09. The Morgan fingerprint density at radius 1 is 1.50 bits per heavy atom. The quantitative estimate of drug-likeness (QED) is 0.637. The lowest BCUT2D eigenvalue weighted by molar-refractivity contribution is -0.131. The van der Waals surface area contributed by atoms with E-state index in [0.717, 1.165) is 12.8 Å². The zero-order valence-corrected chi connectivity index (χ0v) is 6.50. The lowest BCUT2D eigenvalue weighted by Gasteiger charge is -2.09. The van der Waals surface area contributed by atoms with E-state index in [-0.39, 0.29) is 17.6 Å². The number of hydrogen-bond donors (Lipinski definition) is 1. The van der Waals surface area contributed by atoms with Gasteiger partial charge in [-0.2, -0.15) is 0 Å². The molecule has 1 atom stereocenters. The fourth-order valence-electron chi connectivity index (χ4n) is 0.986. The molecule has 0 saturated heterocycles. The van der Waals surface area contributed by atoms with E-state index < -0.39 is 6.10 Å². The molecule has 0 aromatic heterocycles. The molecule has 0 aromatic carbocycles. The molecule has 0 aromatic rings. The second-order valence-corrected chi connectivity index (χ2v) is 3.34. The van der Waals surface area contributed by atoms with Gasteiger partial charge in [0, 0.05) is 5.92 Å². The van der Waals surface area contributed by atoms with E-state index >= 15 is 0 Å². The van der Waals surface area contributed by atoms with Crippen LogP contribution < -0.4 is 0 Å². The van der Waals surface area contributed by atoms with E-state index in [9.17, 15) is 9.90 Å². The largest absolute Gasteiger partial charge is 0.385 e. The summed E-state index contributed by atoms with van der Waals surface area (Å²) in [7, 11) is 0. The average molecular weight is 142 g/mol. The highest BCUT2D eigenvalue weighted by molar-refractivity contribution is 5.85. The van der Waals surface area contributed by atoms with Crippen LogP contribution >= 0.6 is 0 Å². The summed E-state index contributed by atoms with van der Waals surface area (Å²) in [6.45, 7) is 3.65. The van der Waals surface area contributed by atoms with Gasteiger partial charge in [0.1, 0.15) is 6.10 Å². The Morgan fingerprint density at radius 3 is 2.30 bits per heavy atom. The topological polar surface area (TPSA) is 37.3 Å². The minimum absolute atomic E-state index is 0.00231. The van der Waals surface area contributed by atoms with Crippen molar-refractivity contribution >= 4 is 5.78 Å². The van der Waals surface area contributed by atoms with Crippen molar-refractivity contribution in [3.05, 3.63) is 0 Å². The third-order valence-corrected chi connectivity index (χ3v) is 1.93. The molecule has 0 amide bonds. The molecule has 2 heteroatoms. The number of carbonyl (C=O) groups excluding carboxylic acids is 1. The maximum Gasteiger partial charge on any atom is 0.164 e. The summed E-state index contributed by atoms with van der Waals surface area (Å²) in [4.78, 5) is 11.1. The van der Waals surface area contributed by atoms with Crippen LogP contribution in [-0.4, -0.2) is 17.0 Å². The second-order valence-electron chi connectivity index (χ2n) is 3.34. The van der Waals surface area contributed by atoms with Crippen LogP contribution in [0.2, 0.25) is 0 Å². The summed E-state index contributed by atoms with van der Waals surface area (Å²) >= 11 is 0. The van der Waals surface area contributed by atoms with Gasteiger partial charge < -0.3 is 5.11 Å². The first-order valence-corrected chi connectivity index (χ1v) is 3.84. The number of ketones is 1. The van der Waals surface area contributed by atoms with Crippen molar-refractivity contribution in [2.24, 2.45) is 11.8 Å². The molecule has 1 fully saturated rings. The van der Waals surface area contributed by atoms with Gasteiger partial charge in [0.15, 0.2) is 5.78 Å². The van der Waals surface area contributed by atoms with Crippen LogP contribution in [-0.2, 0) is 4.79 Å². The van der Waals surface area contributed by atoms with Crippen molar-refractivity contribution in [3.63, 3.8) is 0 Å². The van der Waals surface area contributed by atoms with Gasteiger partial charge in [-0.3, -0.25) is 4.79 Å². The summed E-state index contributed by atoms with van der Waals surface area (Å²) in [6.07, 6.45) is 1.39. The van der Waals surface area contributed by atoms with Gasteiger partial charge in [-0.05, 0) is 18.8 Å². The van der Waals surface area contributed by atoms with Crippen molar-refractivity contribution in [2.45, 2.75) is 32.8 Å². The summed E-state index contributed by atoms with van der Waals surface area (Å²) in [5.74, 6) is 0.271. The second kappa shape index (κ2) is 2.70. The third-order valence-electron chi connectivity index (χ3n) is 1.93. The van der Waals surface area contributed by atoms with Gasteiger partial charge in [-0.15, -0.1) is 0 Å². The normalized spacial score (nSPS) is 21.2. The van der Waals surface area contributed by atoms with Crippen LogP contribution in [0.5, 0.6) is 0 Å². The van der Waals surface area contributed by atoms with Crippen LogP contribution in [0.4, 0.5) is 0 Å². The lowest BCUT2D eigenvalue weighted by atomic mass is 10.0. The molecule has 1 aliphatic carbocycles. The Bertz CT molecular complexity index is 136. The first-order valence-electron chi connectivity index (χ1n) is 3.84. The number of carbonyl (C=O) groups is 1. The van der Waals surface area contributed by atoms with Gasteiger partial charge in [0.2, 0.25) is 0 Å². The Hall–Kier alpha value is -0.370. The van der Waals surface area contributed by atoms with Crippen molar-refractivity contribution in [2.75, 3.05) is 0 Å². The number of rotatable bonds is 3. The van der Waals surface area contributed by atoms with Gasteiger partial charge in [0.05, 0.1) is 0 Å². The molecule has 1 saturated carbocycles. The van der Waals surface area contributed by atoms with Gasteiger partial charge in [-0.1, -0.05) is 13.8 Å². The van der Waals surface area contributed by atoms with Crippen LogP contribution in [0, 0.1) is 11.8 Å². The number of aliphatic hydroxyl groups excluding tert-OH is 1. The van der Waals surface area contributed by atoms with Crippen molar-refractivity contribution in [1.29, 1.82) is 0 Å². The van der Waals surface area contributed by atoms with Crippen LogP contribution in [0.25, 0.3) is 0 Å². The Labute approximate surface area is 61.2 Å². The first-order chi connectivity index (χ1) is 4.63. The smallest absolute Gasteiger partial charge is 0.164 e. The predicted molar refractivity (Wildman–Crippen MR) is 38.6 cm³/mol. The van der Waals surface area contributed by atoms with E-state index in [4.69, 9.17) is 0 Å². The SMILES string of the molecule is CC(C)C(=O)C(O)C1CC1. The molecule has 0 bridgehead atoms. The molecule has 0 spiro atoms. The van der Waals surface area contributed by atoms with Crippen LogP contribution in [0.3, 0.4) is 0 Å². The zero-order chi connectivity index (χ0) is 7.72. The first kappa shape index (κ1) is 7.73. The predicted octanol–water partition coefficient (Wildman–Crippen LogP) is 0.982. The molecule has 10 heavy (non-hydrogen) atoms. The van der Waals surface area contributed by atoms with Crippen molar-refractivity contribution < 1.29 is 9.90 Å². The fourth-order valence-corrected chi connectivity index (χ4v) is 0.986. The minimum Gasteiger partial charge on any atom is -0.385 e. The molecule has 1 N–H and O–H groups in total. The monoisotopic (exact) mass is 142 g/mol. The molecule has 0 heterocycles. The van der Waals surface area contributed by atoms with Gasteiger partial charge in [-0.25, -0.2) is 0 Å². The minimum atomic E-state index is -0.667. The highest BCUT2D eigenvalue weighted by Gasteiger charge is 2.35. The highest BCUT2D eigenvalue weighted by atomic mass is 16.3. The summed E-state index contributed by atoms with van der Waals surface area (Å²) in [5, 5.41) is 9.28. The molecule has 1 rings (SSSR count). The fraction of sp³-hybridized carbons (Fsp3) is 0.875. The standard InChI is InChI=1S/C8H14O2/c1-5(2)7(9)8(10)6-3-4-6/h5-6,8,10H,3-4H2,1-2H3. The molecular formula is C8H14O2. The number of Topliss-reactive ketones (excluding diaryl/α,β-unsaturated/α-hetero) is 1. The van der Waals surface area contributed by atoms with Crippen LogP contribution in [0.1, 0.15) is 26.7 Å². The zero-order valence-electron chi connectivity index (χ0n) is 6.50. The number of hydrogen-bond acceptors (Lipinski definition) is 2. The van der Waals surface area contributed by atoms with Gasteiger partial charge in [0.25, 0.3) is 0 Å². The molecule has 0 radical (unpaired) electrons. The molecule has 1 aliphatic rings. The summed E-state index contributed by atoms with van der Waals surface area (Å²) in [5.41, 5.74) is 0. The van der Waals surface area contributed by atoms with Gasteiger partial charge >= 0.3 is 0 Å². The maximum atomic E-state index is 11.1. The molecule has 58 valence electrons. The highest BCUT2D eigenvalue weighted by Crippen LogP contribution is 2.33. The molecule has 1 unspecified atom stereocenters. The Balaban J connectivity index is 2.38. The molecular weight excluding hydrogens is 128 g/mol. The molecule has 2 nitrogen and oxygen atoms in total. The van der Waals surface area contributed by atoms with E-state index in [1.807, 2.05) is 13.8 Å². The van der Waals surface area contributed by atoms with E-state index in [1.165, 1.54) is 0 Å². The third kappa shape index (κ3) is 1.57. The summed E-state index contributed by atoms with van der Waals surface area (Å²) < 4.78 is 0. The Morgan fingerprint density at radius 2 is 2.00 bits per heavy atom. The van der Waals surface area contributed by atoms with E-state index in [2.05, 4.69) is 0 Å². The molecule has 0 aliphatic heterocycles. The van der Waals surface area contributed by atoms with E-state index in [0.29, 0.717) is 0 Å². The lowest BCUT2D eigenvalue weighted by Crippen LogP contribution is -2.26. The van der Waals surface area contributed by atoms with Crippen molar-refractivity contribution in [1.82, 2.24) is 0 Å².